The molecular formula is C11H23NOS. The van der Waals surface area contributed by atoms with Gasteiger partial charge in [0.05, 0.1) is 6.10 Å². The number of aliphatic hydroxyl groups is 1. The highest BCUT2D eigenvalue weighted by atomic mass is 32.2. The lowest BCUT2D eigenvalue weighted by molar-refractivity contribution is 0.163. The largest absolute Gasteiger partial charge is 0.392 e. The number of hydrogen-bond acceptors (Lipinski definition) is 3. The van der Waals surface area contributed by atoms with Gasteiger partial charge in [-0.1, -0.05) is 20.3 Å². The minimum Gasteiger partial charge on any atom is -0.392 e. The van der Waals surface area contributed by atoms with Crippen molar-refractivity contribution in [1.29, 1.82) is 0 Å². The van der Waals surface area contributed by atoms with E-state index >= 15 is 0 Å². The van der Waals surface area contributed by atoms with Gasteiger partial charge in [0.15, 0.2) is 0 Å². The van der Waals surface area contributed by atoms with Crippen LogP contribution in [0.15, 0.2) is 0 Å². The maximum absolute atomic E-state index is 9.47. The van der Waals surface area contributed by atoms with Crippen molar-refractivity contribution < 1.29 is 5.11 Å². The lowest BCUT2D eigenvalue weighted by Crippen LogP contribution is -2.38. The molecule has 3 atom stereocenters. The van der Waals surface area contributed by atoms with E-state index in [-0.39, 0.29) is 6.10 Å². The summed E-state index contributed by atoms with van der Waals surface area (Å²) in [6.07, 6.45) is 4.66. The number of aliphatic hydroxyl groups excluding tert-OH is 1. The molecule has 2 nitrogen and oxygen atoms in total. The van der Waals surface area contributed by atoms with Crippen LogP contribution in [0.25, 0.3) is 0 Å². The highest BCUT2D eigenvalue weighted by Gasteiger charge is 2.26. The molecule has 0 saturated heterocycles. The SMILES string of the molecule is CCSC1CCCC1NCC(O)CC. The molecule has 1 rings (SSSR count). The van der Waals surface area contributed by atoms with Crippen molar-refractivity contribution in [2.45, 2.75) is 56.9 Å². The molecule has 3 heteroatoms. The van der Waals surface area contributed by atoms with Crippen molar-refractivity contribution >= 4 is 11.8 Å². The third-order valence-electron chi connectivity index (χ3n) is 2.92. The van der Waals surface area contributed by atoms with Crippen molar-refractivity contribution in [3.05, 3.63) is 0 Å². The van der Waals surface area contributed by atoms with Crippen LogP contribution in [0.1, 0.15) is 39.5 Å². The average Bonchev–Trinajstić information content (AvgIpc) is 2.62. The molecule has 84 valence electrons. The first-order valence-electron chi connectivity index (χ1n) is 5.81. The van der Waals surface area contributed by atoms with Gasteiger partial charge in [-0.05, 0) is 25.0 Å². The summed E-state index contributed by atoms with van der Waals surface area (Å²) >= 11 is 2.06. The minimum atomic E-state index is -0.164. The average molecular weight is 217 g/mol. The van der Waals surface area contributed by atoms with Crippen LogP contribution in [0, 0.1) is 0 Å². The van der Waals surface area contributed by atoms with Crippen LogP contribution in [-0.2, 0) is 0 Å². The number of nitrogens with one attached hydrogen (secondary N) is 1. The van der Waals surface area contributed by atoms with Crippen LogP contribution in [0.2, 0.25) is 0 Å². The summed E-state index contributed by atoms with van der Waals surface area (Å²) < 4.78 is 0. The van der Waals surface area contributed by atoms with Crippen LogP contribution in [0.4, 0.5) is 0 Å². The first-order chi connectivity index (χ1) is 6.77. The van der Waals surface area contributed by atoms with E-state index in [1.165, 1.54) is 25.0 Å². The molecule has 0 heterocycles. The fourth-order valence-corrected chi connectivity index (χ4v) is 3.23. The van der Waals surface area contributed by atoms with E-state index in [9.17, 15) is 5.11 Å². The fraction of sp³-hybridized carbons (Fsp3) is 1.00. The van der Waals surface area contributed by atoms with E-state index in [0.717, 1.165) is 18.2 Å². The second-order valence-corrected chi connectivity index (χ2v) is 5.52. The van der Waals surface area contributed by atoms with Gasteiger partial charge in [-0.3, -0.25) is 0 Å². The lowest BCUT2D eigenvalue weighted by Gasteiger charge is -2.21. The van der Waals surface area contributed by atoms with Gasteiger partial charge in [-0.25, -0.2) is 0 Å². The first kappa shape index (κ1) is 12.3. The second kappa shape index (κ2) is 6.70. The Morgan fingerprint density at radius 3 is 2.86 bits per heavy atom. The summed E-state index contributed by atoms with van der Waals surface area (Å²) in [4.78, 5) is 0. The van der Waals surface area contributed by atoms with Gasteiger partial charge in [-0.2, -0.15) is 11.8 Å². The summed E-state index contributed by atoms with van der Waals surface area (Å²) in [6.45, 7) is 5.02. The zero-order valence-electron chi connectivity index (χ0n) is 9.33. The molecule has 0 spiro atoms. The normalized spacial score (nSPS) is 29.4. The smallest absolute Gasteiger partial charge is 0.0662 e. The molecule has 1 fully saturated rings. The summed E-state index contributed by atoms with van der Waals surface area (Å²) in [5.41, 5.74) is 0. The number of thioether (sulfide) groups is 1. The van der Waals surface area contributed by atoms with Gasteiger partial charge in [0.1, 0.15) is 0 Å². The molecule has 0 aromatic carbocycles. The minimum absolute atomic E-state index is 0.164. The molecule has 1 saturated carbocycles. The van der Waals surface area contributed by atoms with E-state index in [1.54, 1.807) is 0 Å². The van der Waals surface area contributed by atoms with Crippen molar-refractivity contribution in [1.82, 2.24) is 5.32 Å². The van der Waals surface area contributed by atoms with Gasteiger partial charge in [0.2, 0.25) is 0 Å². The van der Waals surface area contributed by atoms with Crippen LogP contribution in [-0.4, -0.2) is 34.8 Å². The molecule has 0 aromatic heterocycles. The zero-order valence-corrected chi connectivity index (χ0v) is 10.1. The molecule has 3 unspecified atom stereocenters. The van der Waals surface area contributed by atoms with Gasteiger partial charge in [0.25, 0.3) is 0 Å². The Labute approximate surface area is 91.9 Å². The highest BCUT2D eigenvalue weighted by molar-refractivity contribution is 7.99. The predicted molar refractivity (Wildman–Crippen MR) is 63.9 cm³/mol. The number of rotatable bonds is 6. The summed E-state index contributed by atoms with van der Waals surface area (Å²) in [5, 5.41) is 13.7. The third kappa shape index (κ3) is 3.79. The summed E-state index contributed by atoms with van der Waals surface area (Å²) in [6, 6.07) is 0.640. The Balaban J connectivity index is 2.21. The Hall–Kier alpha value is 0.270. The molecule has 2 N–H and O–H groups in total. The number of hydrogen-bond donors (Lipinski definition) is 2. The van der Waals surface area contributed by atoms with E-state index in [2.05, 4.69) is 24.0 Å². The van der Waals surface area contributed by atoms with E-state index < -0.39 is 0 Å². The molecule has 0 radical (unpaired) electrons. The van der Waals surface area contributed by atoms with E-state index in [4.69, 9.17) is 0 Å². The van der Waals surface area contributed by atoms with Crippen molar-refractivity contribution in [2.75, 3.05) is 12.3 Å². The maximum atomic E-state index is 9.47. The van der Waals surface area contributed by atoms with Gasteiger partial charge in [0, 0.05) is 17.8 Å². The molecule has 14 heavy (non-hydrogen) atoms. The van der Waals surface area contributed by atoms with Crippen molar-refractivity contribution in [3.63, 3.8) is 0 Å². The highest BCUT2D eigenvalue weighted by Crippen LogP contribution is 2.29. The van der Waals surface area contributed by atoms with Crippen molar-refractivity contribution in [2.24, 2.45) is 0 Å². The fourth-order valence-electron chi connectivity index (χ4n) is 2.00. The molecule has 1 aliphatic rings. The molecule has 0 amide bonds. The van der Waals surface area contributed by atoms with Gasteiger partial charge < -0.3 is 10.4 Å². The topological polar surface area (TPSA) is 32.3 Å². The van der Waals surface area contributed by atoms with Gasteiger partial charge >= 0.3 is 0 Å². The zero-order chi connectivity index (χ0) is 10.4. The standard InChI is InChI=1S/C11H23NOS/c1-3-9(13)8-12-10-6-5-7-11(10)14-4-2/h9-13H,3-8H2,1-2H3. The Bertz CT molecular complexity index is 154. The molecular weight excluding hydrogens is 194 g/mol. The summed E-state index contributed by atoms with van der Waals surface area (Å²) in [7, 11) is 0. The molecule has 0 aromatic rings. The second-order valence-electron chi connectivity index (χ2n) is 4.00. The predicted octanol–water partition coefficient (Wildman–Crippen LogP) is 2.02. The lowest BCUT2D eigenvalue weighted by atomic mass is 10.2. The summed E-state index contributed by atoms with van der Waals surface area (Å²) in [5.74, 6) is 1.21. The molecule has 1 aliphatic carbocycles. The Morgan fingerprint density at radius 2 is 2.21 bits per heavy atom. The maximum Gasteiger partial charge on any atom is 0.0662 e. The molecule has 0 bridgehead atoms. The molecule has 0 aliphatic heterocycles. The van der Waals surface area contributed by atoms with Gasteiger partial charge in [-0.15, -0.1) is 0 Å². The quantitative estimate of drug-likeness (QED) is 0.714. The van der Waals surface area contributed by atoms with E-state index in [0.29, 0.717) is 6.04 Å². The van der Waals surface area contributed by atoms with Crippen LogP contribution < -0.4 is 5.32 Å². The Kier molecular flexibility index (Phi) is 5.90. The van der Waals surface area contributed by atoms with Crippen molar-refractivity contribution in [3.8, 4) is 0 Å². The van der Waals surface area contributed by atoms with E-state index in [1.807, 2.05) is 6.92 Å². The van der Waals surface area contributed by atoms with Crippen LogP contribution in [0.3, 0.4) is 0 Å². The monoisotopic (exact) mass is 217 g/mol. The van der Waals surface area contributed by atoms with Crippen LogP contribution >= 0.6 is 11.8 Å². The third-order valence-corrected chi connectivity index (χ3v) is 4.25. The first-order valence-corrected chi connectivity index (χ1v) is 6.85. The Morgan fingerprint density at radius 1 is 1.43 bits per heavy atom. The van der Waals surface area contributed by atoms with Crippen LogP contribution in [0.5, 0.6) is 0 Å².